The number of hydrogen-bond donors (Lipinski definition) is 3. The Morgan fingerprint density at radius 2 is 1.66 bits per heavy atom. The highest BCUT2D eigenvalue weighted by Gasteiger charge is 2.36. The molecule has 198 valence electrons. The number of carbonyl (C=O) groups is 3. The van der Waals surface area contributed by atoms with Gasteiger partial charge in [-0.2, -0.15) is 12.6 Å². The zero-order chi connectivity index (χ0) is 26.6. The summed E-state index contributed by atoms with van der Waals surface area (Å²) in [6.07, 6.45) is 3.74. The molecule has 0 radical (unpaired) electrons. The lowest BCUT2D eigenvalue weighted by atomic mass is 10.0. The standard InChI is InChI=1S/C27H45N3O4S/c1-8-10-11-17-30(25(32)22(18-35)29-26(33)34-27(5,6)7)23(21-15-13-19(3)14-16-21)24(31)28-20(4)12-9-2/h13-16,20,22-23,35H,8-12,17-18H2,1-7H3,(H,28,31)(H,29,33). The Morgan fingerprint density at radius 3 is 2.17 bits per heavy atom. The van der Waals surface area contributed by atoms with Gasteiger partial charge in [-0.25, -0.2) is 4.79 Å². The molecule has 0 spiro atoms. The Hall–Kier alpha value is -2.22. The van der Waals surface area contributed by atoms with Crippen molar-refractivity contribution in [3.8, 4) is 0 Å². The first-order valence-electron chi connectivity index (χ1n) is 12.7. The summed E-state index contributed by atoms with van der Waals surface area (Å²) in [5.74, 6) is -0.503. The Kier molecular flexibility index (Phi) is 13.2. The molecular weight excluding hydrogens is 462 g/mol. The number of alkyl carbamates (subject to hydrolysis) is 1. The number of nitrogens with one attached hydrogen (secondary N) is 2. The molecule has 0 bridgehead atoms. The Balaban J connectivity index is 3.36. The molecule has 0 aliphatic carbocycles. The van der Waals surface area contributed by atoms with Crippen LogP contribution in [0.25, 0.3) is 0 Å². The van der Waals surface area contributed by atoms with Gasteiger partial charge in [0, 0.05) is 18.3 Å². The third kappa shape index (κ3) is 10.9. The lowest BCUT2D eigenvalue weighted by molar-refractivity contribution is -0.142. The SMILES string of the molecule is CCCCCN(C(=O)C(CS)NC(=O)OC(C)(C)C)C(C(=O)NC(C)CCC)c1ccc(C)cc1. The quantitative estimate of drug-likeness (QED) is 0.253. The van der Waals surface area contributed by atoms with Crippen molar-refractivity contribution in [2.24, 2.45) is 0 Å². The maximum atomic E-state index is 13.8. The first kappa shape index (κ1) is 30.8. The normalized spacial score (nSPS) is 13.9. The largest absolute Gasteiger partial charge is 0.444 e. The molecule has 0 heterocycles. The molecular formula is C27H45N3O4S. The zero-order valence-corrected chi connectivity index (χ0v) is 23.4. The van der Waals surface area contributed by atoms with E-state index >= 15 is 0 Å². The average Bonchev–Trinajstić information content (AvgIpc) is 2.76. The van der Waals surface area contributed by atoms with Crippen LogP contribution in [-0.2, 0) is 14.3 Å². The summed E-state index contributed by atoms with van der Waals surface area (Å²) in [6, 6.07) is 5.89. The fraction of sp³-hybridized carbons (Fsp3) is 0.667. The highest BCUT2D eigenvalue weighted by atomic mass is 32.1. The molecule has 3 amide bonds. The highest BCUT2D eigenvalue weighted by molar-refractivity contribution is 7.80. The molecule has 7 nitrogen and oxygen atoms in total. The molecule has 8 heteroatoms. The average molecular weight is 508 g/mol. The summed E-state index contributed by atoms with van der Waals surface area (Å²) in [5, 5.41) is 5.73. The summed E-state index contributed by atoms with van der Waals surface area (Å²) in [6.45, 7) is 13.8. The van der Waals surface area contributed by atoms with E-state index in [1.165, 1.54) is 0 Å². The van der Waals surface area contributed by atoms with Crippen molar-refractivity contribution < 1.29 is 19.1 Å². The van der Waals surface area contributed by atoms with Crippen LogP contribution >= 0.6 is 12.6 Å². The van der Waals surface area contributed by atoms with Gasteiger partial charge >= 0.3 is 6.09 Å². The number of ether oxygens (including phenoxy) is 1. The number of thiol groups is 1. The van der Waals surface area contributed by atoms with E-state index in [9.17, 15) is 14.4 Å². The molecule has 1 aromatic carbocycles. The summed E-state index contributed by atoms with van der Waals surface area (Å²) in [7, 11) is 0. The van der Waals surface area contributed by atoms with Gasteiger partial charge in [-0.3, -0.25) is 9.59 Å². The van der Waals surface area contributed by atoms with Crippen LogP contribution in [0.1, 0.15) is 90.8 Å². The third-order valence-corrected chi connectivity index (χ3v) is 5.89. The molecule has 0 saturated carbocycles. The number of amides is 3. The summed E-state index contributed by atoms with van der Waals surface area (Å²) in [5.41, 5.74) is 1.10. The van der Waals surface area contributed by atoms with Crippen LogP contribution in [0.3, 0.4) is 0 Å². The number of carbonyl (C=O) groups excluding carboxylic acids is 3. The minimum atomic E-state index is -0.927. The Morgan fingerprint density at radius 1 is 1.03 bits per heavy atom. The van der Waals surface area contributed by atoms with Gasteiger partial charge < -0.3 is 20.3 Å². The first-order chi connectivity index (χ1) is 16.4. The van der Waals surface area contributed by atoms with Crippen molar-refractivity contribution in [2.45, 2.75) is 104 Å². The minimum absolute atomic E-state index is 0.0198. The van der Waals surface area contributed by atoms with Gasteiger partial charge in [0.15, 0.2) is 0 Å². The summed E-state index contributed by atoms with van der Waals surface area (Å²) >= 11 is 4.33. The molecule has 3 unspecified atom stereocenters. The van der Waals surface area contributed by atoms with Crippen LogP contribution in [0, 0.1) is 6.92 Å². The smallest absolute Gasteiger partial charge is 0.408 e. The van der Waals surface area contributed by atoms with Gasteiger partial charge in [-0.05, 0) is 53.0 Å². The minimum Gasteiger partial charge on any atom is -0.444 e. The van der Waals surface area contributed by atoms with Crippen molar-refractivity contribution in [3.05, 3.63) is 35.4 Å². The van der Waals surface area contributed by atoms with Crippen molar-refractivity contribution >= 4 is 30.5 Å². The molecule has 2 N–H and O–H groups in total. The number of rotatable bonds is 13. The predicted molar refractivity (Wildman–Crippen MR) is 145 cm³/mol. The fourth-order valence-corrected chi connectivity index (χ4v) is 4.03. The maximum absolute atomic E-state index is 13.8. The molecule has 1 aromatic rings. The monoisotopic (exact) mass is 507 g/mol. The molecule has 0 saturated heterocycles. The second-order valence-corrected chi connectivity index (χ2v) is 10.5. The number of hydrogen-bond acceptors (Lipinski definition) is 5. The fourth-order valence-electron chi connectivity index (χ4n) is 3.78. The van der Waals surface area contributed by atoms with Crippen LogP contribution in [0.4, 0.5) is 4.79 Å². The molecule has 1 rings (SSSR count). The number of aryl methyl sites for hydroxylation is 1. The van der Waals surface area contributed by atoms with Crippen molar-refractivity contribution in [3.63, 3.8) is 0 Å². The van der Waals surface area contributed by atoms with Crippen LogP contribution in [0.2, 0.25) is 0 Å². The second-order valence-electron chi connectivity index (χ2n) is 10.1. The van der Waals surface area contributed by atoms with E-state index in [0.717, 1.165) is 43.2 Å². The lowest BCUT2D eigenvalue weighted by Gasteiger charge is -2.35. The first-order valence-corrected chi connectivity index (χ1v) is 13.3. The number of nitrogens with zero attached hydrogens (tertiary/aromatic N) is 1. The van der Waals surface area contributed by atoms with E-state index in [0.29, 0.717) is 6.54 Å². The van der Waals surface area contributed by atoms with Crippen molar-refractivity contribution in [1.82, 2.24) is 15.5 Å². The summed E-state index contributed by atoms with van der Waals surface area (Å²) < 4.78 is 5.35. The van der Waals surface area contributed by atoms with Gasteiger partial charge in [0.1, 0.15) is 17.7 Å². The topological polar surface area (TPSA) is 87.7 Å². The number of unbranched alkanes of at least 4 members (excludes halogenated alkanes) is 2. The Bertz CT molecular complexity index is 808. The van der Waals surface area contributed by atoms with E-state index in [-0.39, 0.29) is 23.6 Å². The third-order valence-electron chi connectivity index (χ3n) is 5.52. The van der Waals surface area contributed by atoms with Gasteiger partial charge in [-0.15, -0.1) is 0 Å². The van der Waals surface area contributed by atoms with Crippen LogP contribution in [0.5, 0.6) is 0 Å². The van der Waals surface area contributed by atoms with Crippen LogP contribution in [0.15, 0.2) is 24.3 Å². The predicted octanol–water partition coefficient (Wildman–Crippen LogP) is 5.18. The molecule has 0 aromatic heterocycles. The van der Waals surface area contributed by atoms with E-state index in [2.05, 4.69) is 37.1 Å². The lowest BCUT2D eigenvalue weighted by Crippen LogP contribution is -2.54. The zero-order valence-electron chi connectivity index (χ0n) is 22.5. The molecule has 0 aliphatic heterocycles. The Labute approximate surface area is 217 Å². The van der Waals surface area contributed by atoms with E-state index in [4.69, 9.17) is 4.74 Å². The maximum Gasteiger partial charge on any atom is 0.408 e. The number of benzene rings is 1. The van der Waals surface area contributed by atoms with Gasteiger partial charge in [-0.1, -0.05) is 62.9 Å². The second kappa shape index (κ2) is 15.0. The molecule has 35 heavy (non-hydrogen) atoms. The summed E-state index contributed by atoms with van der Waals surface area (Å²) in [4.78, 5) is 41.4. The van der Waals surface area contributed by atoms with Crippen LogP contribution in [-0.4, -0.2) is 52.8 Å². The molecule has 0 fully saturated rings. The highest BCUT2D eigenvalue weighted by Crippen LogP contribution is 2.24. The van der Waals surface area contributed by atoms with Gasteiger partial charge in [0.25, 0.3) is 0 Å². The van der Waals surface area contributed by atoms with E-state index in [1.54, 1.807) is 25.7 Å². The molecule has 0 aliphatic rings. The van der Waals surface area contributed by atoms with Crippen molar-refractivity contribution in [1.29, 1.82) is 0 Å². The molecule has 3 atom stereocenters. The van der Waals surface area contributed by atoms with Crippen molar-refractivity contribution in [2.75, 3.05) is 12.3 Å². The van der Waals surface area contributed by atoms with E-state index in [1.807, 2.05) is 38.1 Å². The van der Waals surface area contributed by atoms with Gasteiger partial charge in [0.05, 0.1) is 0 Å². The van der Waals surface area contributed by atoms with Crippen LogP contribution < -0.4 is 10.6 Å². The van der Waals surface area contributed by atoms with Gasteiger partial charge in [0.2, 0.25) is 11.8 Å². The van der Waals surface area contributed by atoms with E-state index < -0.39 is 23.8 Å².